The number of carbonyl (C=O) groups is 2. The predicted octanol–water partition coefficient (Wildman–Crippen LogP) is 0.336. The first-order chi connectivity index (χ1) is 7.93. The van der Waals surface area contributed by atoms with Gasteiger partial charge in [-0.05, 0) is 13.8 Å². The van der Waals surface area contributed by atoms with Crippen LogP contribution >= 0.6 is 0 Å². The van der Waals surface area contributed by atoms with E-state index in [9.17, 15) is 9.59 Å². The van der Waals surface area contributed by atoms with E-state index in [0.29, 0.717) is 19.6 Å². The number of nitrogens with zero attached hydrogens (tertiary/aromatic N) is 3. The highest BCUT2D eigenvalue weighted by atomic mass is 16.4. The molecule has 6 nitrogen and oxygen atoms in total. The number of aromatic nitrogens is 2. The van der Waals surface area contributed by atoms with Crippen LogP contribution in [0.5, 0.6) is 0 Å². The molecule has 1 N–H and O–H groups in total. The van der Waals surface area contributed by atoms with Crippen LogP contribution in [0.15, 0.2) is 12.4 Å². The lowest BCUT2D eigenvalue weighted by Gasteiger charge is -2.32. The molecule has 2 heterocycles. The predicted molar refractivity (Wildman–Crippen MR) is 59.1 cm³/mol. The average molecular weight is 237 g/mol. The van der Waals surface area contributed by atoms with Gasteiger partial charge in [0.25, 0.3) is 0 Å². The molecule has 0 fully saturated rings. The third-order valence-corrected chi connectivity index (χ3v) is 3.10. The van der Waals surface area contributed by atoms with E-state index in [2.05, 4.69) is 4.98 Å². The smallest absolute Gasteiger partial charge is 0.318 e. The van der Waals surface area contributed by atoms with Crippen molar-refractivity contribution in [1.29, 1.82) is 0 Å². The first kappa shape index (κ1) is 11.6. The third-order valence-electron chi connectivity index (χ3n) is 3.10. The molecular formula is C11H15N3O3. The summed E-state index contributed by atoms with van der Waals surface area (Å²) in [6.45, 7) is 4.43. The number of hydrogen-bond acceptors (Lipinski definition) is 3. The molecule has 17 heavy (non-hydrogen) atoms. The molecule has 0 saturated heterocycles. The number of carbonyl (C=O) groups excluding carboxylic acids is 1. The lowest BCUT2D eigenvalue weighted by molar-refractivity contribution is -0.159. The second kappa shape index (κ2) is 3.87. The van der Waals surface area contributed by atoms with E-state index in [0.717, 1.165) is 5.82 Å². The molecule has 0 radical (unpaired) electrons. The number of amides is 1. The van der Waals surface area contributed by atoms with Crippen LogP contribution in [0, 0.1) is 5.41 Å². The fourth-order valence-corrected chi connectivity index (χ4v) is 1.83. The number of hydrogen-bond donors (Lipinski definition) is 1. The molecule has 1 aromatic rings. The van der Waals surface area contributed by atoms with Gasteiger partial charge in [0.05, 0.1) is 6.54 Å². The van der Waals surface area contributed by atoms with Crippen LogP contribution in [-0.4, -0.2) is 38.0 Å². The van der Waals surface area contributed by atoms with Crippen LogP contribution in [0.2, 0.25) is 0 Å². The molecule has 1 aliphatic heterocycles. The highest BCUT2D eigenvalue weighted by Crippen LogP contribution is 2.22. The molecule has 0 saturated carbocycles. The van der Waals surface area contributed by atoms with Crippen molar-refractivity contribution < 1.29 is 14.7 Å². The van der Waals surface area contributed by atoms with Crippen LogP contribution < -0.4 is 0 Å². The first-order valence-corrected chi connectivity index (χ1v) is 5.45. The normalized spacial score (nSPS) is 15.5. The fourth-order valence-electron chi connectivity index (χ4n) is 1.83. The van der Waals surface area contributed by atoms with Crippen molar-refractivity contribution in [2.75, 3.05) is 6.54 Å². The molecule has 6 heteroatoms. The Morgan fingerprint density at radius 2 is 2.12 bits per heavy atom. The third kappa shape index (κ3) is 1.90. The number of fused-ring (bicyclic) bond motifs is 1. The van der Waals surface area contributed by atoms with Gasteiger partial charge in [-0.25, -0.2) is 4.98 Å². The Labute approximate surface area is 98.9 Å². The summed E-state index contributed by atoms with van der Waals surface area (Å²) in [5.41, 5.74) is -1.38. The van der Waals surface area contributed by atoms with E-state index >= 15 is 0 Å². The minimum absolute atomic E-state index is 0.362. The Bertz CT molecular complexity index is 464. The standard InChI is InChI=1S/C11H15N3O3/c1-11(2,10(16)17)9(15)14-6-5-13-4-3-12-8(13)7-14/h3-4H,5-7H2,1-2H3,(H,16,17). The number of rotatable bonds is 2. The lowest BCUT2D eigenvalue weighted by Crippen LogP contribution is -2.47. The Morgan fingerprint density at radius 3 is 2.76 bits per heavy atom. The van der Waals surface area contributed by atoms with E-state index in [-0.39, 0.29) is 5.91 Å². The van der Waals surface area contributed by atoms with E-state index in [1.54, 1.807) is 11.1 Å². The van der Waals surface area contributed by atoms with Gasteiger partial charge >= 0.3 is 5.97 Å². The van der Waals surface area contributed by atoms with Crippen LogP contribution in [0.1, 0.15) is 19.7 Å². The van der Waals surface area contributed by atoms with E-state index in [1.165, 1.54) is 13.8 Å². The van der Waals surface area contributed by atoms with Crippen LogP contribution in [-0.2, 0) is 22.7 Å². The molecule has 0 aromatic carbocycles. The zero-order chi connectivity index (χ0) is 12.6. The molecule has 0 spiro atoms. The Hall–Kier alpha value is -1.85. The van der Waals surface area contributed by atoms with Crippen molar-refractivity contribution in [3.05, 3.63) is 18.2 Å². The number of carboxylic acids is 1. The molecule has 0 bridgehead atoms. The van der Waals surface area contributed by atoms with Gasteiger partial charge < -0.3 is 14.6 Å². The number of carboxylic acid groups (broad SMARTS) is 1. The quantitative estimate of drug-likeness (QED) is 0.752. The Balaban J connectivity index is 2.16. The zero-order valence-electron chi connectivity index (χ0n) is 9.88. The second-order valence-electron chi connectivity index (χ2n) is 4.69. The number of imidazole rings is 1. The minimum Gasteiger partial charge on any atom is -0.480 e. The summed E-state index contributed by atoms with van der Waals surface area (Å²) in [7, 11) is 0. The van der Waals surface area contributed by atoms with E-state index in [4.69, 9.17) is 5.11 Å². The Kier molecular flexibility index (Phi) is 2.65. The maximum atomic E-state index is 12.1. The summed E-state index contributed by atoms with van der Waals surface area (Å²) in [6.07, 6.45) is 3.55. The van der Waals surface area contributed by atoms with Crippen molar-refractivity contribution in [2.45, 2.75) is 26.9 Å². The number of aliphatic carboxylic acids is 1. The SMILES string of the molecule is CC(C)(C(=O)O)C(=O)N1CCn2ccnc2C1. The van der Waals surface area contributed by atoms with Gasteiger partial charge in [0.2, 0.25) is 5.91 Å². The van der Waals surface area contributed by atoms with Gasteiger partial charge in [-0.15, -0.1) is 0 Å². The van der Waals surface area contributed by atoms with Crippen molar-refractivity contribution in [3.8, 4) is 0 Å². The van der Waals surface area contributed by atoms with Gasteiger partial charge in [0, 0.05) is 25.5 Å². The summed E-state index contributed by atoms with van der Waals surface area (Å²) >= 11 is 0. The van der Waals surface area contributed by atoms with Crippen molar-refractivity contribution in [2.24, 2.45) is 5.41 Å². The molecule has 92 valence electrons. The maximum Gasteiger partial charge on any atom is 0.318 e. The van der Waals surface area contributed by atoms with Crippen molar-refractivity contribution >= 4 is 11.9 Å². The van der Waals surface area contributed by atoms with Crippen LogP contribution in [0.4, 0.5) is 0 Å². The molecule has 1 aromatic heterocycles. The van der Waals surface area contributed by atoms with Crippen molar-refractivity contribution in [1.82, 2.24) is 14.5 Å². The highest BCUT2D eigenvalue weighted by Gasteiger charge is 2.40. The zero-order valence-corrected chi connectivity index (χ0v) is 9.88. The highest BCUT2D eigenvalue weighted by molar-refractivity contribution is 6.00. The second-order valence-corrected chi connectivity index (χ2v) is 4.69. The van der Waals surface area contributed by atoms with Crippen LogP contribution in [0.25, 0.3) is 0 Å². The van der Waals surface area contributed by atoms with Crippen molar-refractivity contribution in [3.63, 3.8) is 0 Å². The summed E-state index contributed by atoms with van der Waals surface area (Å²) in [6, 6.07) is 0. The lowest BCUT2D eigenvalue weighted by atomic mass is 9.91. The van der Waals surface area contributed by atoms with Gasteiger partial charge in [-0.3, -0.25) is 9.59 Å². The monoisotopic (exact) mass is 237 g/mol. The van der Waals surface area contributed by atoms with E-state index < -0.39 is 11.4 Å². The molecule has 2 rings (SSSR count). The molecule has 1 aliphatic rings. The summed E-state index contributed by atoms with van der Waals surface area (Å²) in [4.78, 5) is 28.8. The van der Waals surface area contributed by atoms with Gasteiger partial charge in [-0.1, -0.05) is 0 Å². The largest absolute Gasteiger partial charge is 0.480 e. The molecule has 0 unspecified atom stereocenters. The minimum atomic E-state index is -1.38. The summed E-state index contributed by atoms with van der Waals surface area (Å²) in [5, 5.41) is 9.03. The fraction of sp³-hybridized carbons (Fsp3) is 0.545. The van der Waals surface area contributed by atoms with Gasteiger partial charge in [-0.2, -0.15) is 0 Å². The van der Waals surface area contributed by atoms with E-state index in [1.807, 2.05) is 10.8 Å². The topological polar surface area (TPSA) is 75.4 Å². The van der Waals surface area contributed by atoms with Gasteiger partial charge in [0.1, 0.15) is 11.2 Å². The summed E-state index contributed by atoms with van der Waals surface area (Å²) < 4.78 is 1.97. The molecular weight excluding hydrogens is 222 g/mol. The molecule has 0 atom stereocenters. The molecule has 1 amide bonds. The first-order valence-electron chi connectivity index (χ1n) is 5.45. The average Bonchev–Trinajstić information content (AvgIpc) is 2.74. The maximum absolute atomic E-state index is 12.1. The summed E-state index contributed by atoms with van der Waals surface area (Å²) in [5.74, 6) is -0.665. The van der Waals surface area contributed by atoms with Crippen LogP contribution in [0.3, 0.4) is 0 Å². The molecule has 0 aliphatic carbocycles. The van der Waals surface area contributed by atoms with Gasteiger partial charge in [0.15, 0.2) is 0 Å². The Morgan fingerprint density at radius 1 is 1.41 bits per heavy atom.